The molecule has 5 N–H and O–H groups in total. The fourth-order valence-electron chi connectivity index (χ4n) is 7.64. The second-order valence-corrected chi connectivity index (χ2v) is 15.5. The standard InChI is InChI=1S/C50H54N4O5/c1-34(39-26-25-37-12-3-4-13-41(37)28-39)54(2)32-44-30-47(38-23-21-35(33-55)22-24-38)59-50(58-44)43-16-10-15-42(29-43)40-14-9-11-36(27-40)31-52-48(56)19-7-8-20-49(57)53-46-18-6-5-17-45(46)51/h3-6,9-18,21-29,34,44,47,50,55H,7-8,19-20,30-33,51H2,1-2H3,(H,52,56)(H,53,57)/t34-,44+,47-,50-/m1/s1. The number of aliphatic hydroxyl groups excluding tert-OH is 1. The molecule has 7 rings (SSSR count). The van der Waals surface area contributed by atoms with E-state index in [0.29, 0.717) is 56.6 Å². The minimum atomic E-state index is -0.592. The first-order valence-electron chi connectivity index (χ1n) is 20.5. The number of hydrogen-bond donors (Lipinski definition) is 4. The second-order valence-electron chi connectivity index (χ2n) is 15.5. The van der Waals surface area contributed by atoms with E-state index >= 15 is 0 Å². The highest BCUT2D eigenvalue weighted by molar-refractivity contribution is 5.93. The number of carbonyl (C=O) groups is 2. The van der Waals surface area contributed by atoms with Crippen LogP contribution in [-0.4, -0.2) is 41.5 Å². The molecular weight excluding hydrogens is 737 g/mol. The third-order valence-electron chi connectivity index (χ3n) is 11.2. The summed E-state index contributed by atoms with van der Waals surface area (Å²) in [4.78, 5) is 27.4. The van der Waals surface area contributed by atoms with Crippen LogP contribution in [0.3, 0.4) is 0 Å². The number of ether oxygens (including phenoxy) is 2. The van der Waals surface area contributed by atoms with Gasteiger partial charge in [0, 0.05) is 44.0 Å². The molecule has 0 bridgehead atoms. The van der Waals surface area contributed by atoms with E-state index in [9.17, 15) is 14.7 Å². The van der Waals surface area contributed by atoms with Crippen molar-refractivity contribution in [1.29, 1.82) is 0 Å². The Morgan fingerprint density at radius 3 is 2.24 bits per heavy atom. The number of rotatable bonds is 16. The first kappa shape index (κ1) is 41.3. The molecule has 1 fully saturated rings. The van der Waals surface area contributed by atoms with Crippen LogP contribution in [0.25, 0.3) is 21.9 Å². The van der Waals surface area contributed by atoms with Gasteiger partial charge in [0.25, 0.3) is 0 Å². The monoisotopic (exact) mass is 790 g/mol. The number of nitrogens with two attached hydrogens (primary N) is 1. The summed E-state index contributed by atoms with van der Waals surface area (Å²) in [7, 11) is 2.15. The van der Waals surface area contributed by atoms with Gasteiger partial charge in [-0.05, 0) is 101 Å². The molecule has 0 radical (unpaired) electrons. The Bertz CT molecular complexity index is 2350. The number of aliphatic hydroxyl groups is 1. The summed E-state index contributed by atoms with van der Waals surface area (Å²) in [5.74, 6) is -0.168. The summed E-state index contributed by atoms with van der Waals surface area (Å²) in [6.07, 6.45) is 1.67. The molecule has 0 unspecified atom stereocenters. The molecule has 9 heteroatoms. The zero-order chi connectivity index (χ0) is 41.1. The van der Waals surface area contributed by atoms with Gasteiger partial charge in [-0.3, -0.25) is 14.5 Å². The number of nitrogen functional groups attached to an aromatic ring is 1. The van der Waals surface area contributed by atoms with Gasteiger partial charge in [-0.25, -0.2) is 0 Å². The highest BCUT2D eigenvalue weighted by Gasteiger charge is 2.33. The lowest BCUT2D eigenvalue weighted by Crippen LogP contribution is -2.38. The van der Waals surface area contributed by atoms with Crippen molar-refractivity contribution < 1.29 is 24.2 Å². The van der Waals surface area contributed by atoms with Gasteiger partial charge < -0.3 is 30.9 Å². The Morgan fingerprint density at radius 1 is 0.746 bits per heavy atom. The summed E-state index contributed by atoms with van der Waals surface area (Å²) in [5, 5.41) is 18.0. The average Bonchev–Trinajstić information content (AvgIpc) is 3.27. The van der Waals surface area contributed by atoms with E-state index in [1.165, 1.54) is 16.3 Å². The van der Waals surface area contributed by atoms with Crippen LogP contribution in [0.1, 0.15) is 85.3 Å². The van der Waals surface area contributed by atoms with Crippen LogP contribution < -0.4 is 16.4 Å². The average molecular weight is 791 g/mol. The first-order valence-corrected chi connectivity index (χ1v) is 20.5. The number of amides is 2. The van der Waals surface area contributed by atoms with E-state index in [1.54, 1.807) is 12.1 Å². The maximum atomic E-state index is 12.7. The van der Waals surface area contributed by atoms with Crippen molar-refractivity contribution in [3.05, 3.63) is 167 Å². The predicted molar refractivity (Wildman–Crippen MR) is 235 cm³/mol. The van der Waals surface area contributed by atoms with Crippen LogP contribution in [0.15, 0.2) is 140 Å². The highest BCUT2D eigenvalue weighted by Crippen LogP contribution is 2.40. The maximum Gasteiger partial charge on any atom is 0.224 e. The Labute approximate surface area is 347 Å². The molecule has 1 aliphatic heterocycles. The number of hydrogen-bond acceptors (Lipinski definition) is 7. The third kappa shape index (κ3) is 11.0. The van der Waals surface area contributed by atoms with Crippen molar-refractivity contribution in [2.45, 2.75) is 76.7 Å². The largest absolute Gasteiger partial charge is 0.397 e. The second kappa shape index (κ2) is 19.7. The molecule has 59 heavy (non-hydrogen) atoms. The van der Waals surface area contributed by atoms with E-state index in [1.807, 2.05) is 54.6 Å². The molecule has 304 valence electrons. The molecule has 6 aromatic rings. The van der Waals surface area contributed by atoms with Crippen molar-refractivity contribution in [3.63, 3.8) is 0 Å². The van der Waals surface area contributed by atoms with Crippen LogP contribution >= 0.6 is 0 Å². The number of para-hydroxylation sites is 2. The van der Waals surface area contributed by atoms with Crippen molar-refractivity contribution in [2.24, 2.45) is 0 Å². The van der Waals surface area contributed by atoms with Gasteiger partial charge in [0.2, 0.25) is 11.8 Å². The quantitative estimate of drug-likeness (QED) is 0.0568. The number of unbranched alkanes of at least 4 members (excludes halogenated alkanes) is 1. The van der Waals surface area contributed by atoms with Crippen molar-refractivity contribution in [2.75, 3.05) is 24.6 Å². The van der Waals surface area contributed by atoms with Gasteiger partial charge in [0.1, 0.15) is 0 Å². The van der Waals surface area contributed by atoms with Gasteiger partial charge >= 0.3 is 0 Å². The van der Waals surface area contributed by atoms with Crippen LogP contribution in [0.5, 0.6) is 0 Å². The summed E-state index contributed by atoms with van der Waals surface area (Å²) in [5.41, 5.74) is 14.2. The minimum absolute atomic E-state index is 0.00796. The number of carbonyl (C=O) groups excluding carboxylic acids is 2. The summed E-state index contributed by atoms with van der Waals surface area (Å²) in [6, 6.07) is 46.9. The normalized spacial score (nSPS) is 17.1. The zero-order valence-electron chi connectivity index (χ0n) is 33.9. The molecule has 9 nitrogen and oxygen atoms in total. The van der Waals surface area contributed by atoms with Gasteiger partial charge in [-0.1, -0.05) is 109 Å². The van der Waals surface area contributed by atoms with E-state index in [2.05, 4.69) is 102 Å². The van der Waals surface area contributed by atoms with Gasteiger partial charge in [0.15, 0.2) is 6.29 Å². The van der Waals surface area contributed by atoms with E-state index in [0.717, 1.165) is 33.4 Å². The van der Waals surface area contributed by atoms with E-state index in [4.69, 9.17) is 15.2 Å². The van der Waals surface area contributed by atoms with Gasteiger partial charge in [-0.15, -0.1) is 0 Å². The molecule has 0 aromatic heterocycles. The summed E-state index contributed by atoms with van der Waals surface area (Å²) >= 11 is 0. The Hall–Kier alpha value is -5.84. The van der Waals surface area contributed by atoms with Crippen molar-refractivity contribution in [1.82, 2.24) is 10.2 Å². The SMILES string of the molecule is C[C@H](c1ccc2ccccc2c1)N(C)C[C@@H]1C[C@H](c2ccc(CO)cc2)O[C@H](c2cccc(-c3cccc(CNC(=O)CCCCC(=O)Nc4ccccc4N)c3)c2)O1. The van der Waals surface area contributed by atoms with Gasteiger partial charge in [-0.2, -0.15) is 0 Å². The van der Waals surface area contributed by atoms with E-state index in [-0.39, 0.29) is 36.7 Å². The lowest BCUT2D eigenvalue weighted by molar-refractivity contribution is -0.253. The van der Waals surface area contributed by atoms with Crippen LogP contribution in [0, 0.1) is 0 Å². The molecule has 1 saturated heterocycles. The number of anilines is 2. The van der Waals surface area contributed by atoms with Crippen LogP contribution in [-0.2, 0) is 32.2 Å². The Morgan fingerprint density at radius 2 is 1.46 bits per heavy atom. The minimum Gasteiger partial charge on any atom is -0.397 e. The fraction of sp³-hybridized carbons (Fsp3) is 0.280. The first-order chi connectivity index (χ1) is 28.7. The summed E-state index contributed by atoms with van der Waals surface area (Å²) < 4.78 is 13.5. The molecule has 1 heterocycles. The molecule has 0 saturated carbocycles. The number of likely N-dealkylation sites (N-methyl/N-ethyl adjacent to an activating group) is 1. The maximum absolute atomic E-state index is 12.7. The molecule has 6 aromatic carbocycles. The lowest BCUT2D eigenvalue weighted by Gasteiger charge is -2.39. The van der Waals surface area contributed by atoms with Gasteiger partial charge in [0.05, 0.1) is 30.2 Å². The number of nitrogens with zero attached hydrogens (tertiary/aromatic N) is 1. The predicted octanol–water partition coefficient (Wildman–Crippen LogP) is 9.64. The van der Waals surface area contributed by atoms with Crippen molar-refractivity contribution >= 4 is 34.0 Å². The number of nitrogens with one attached hydrogen (secondary N) is 2. The van der Waals surface area contributed by atoms with Crippen LogP contribution in [0.2, 0.25) is 0 Å². The van der Waals surface area contributed by atoms with E-state index < -0.39 is 6.29 Å². The number of fused-ring (bicyclic) bond motifs is 1. The molecule has 0 aliphatic carbocycles. The van der Waals surface area contributed by atoms with Crippen molar-refractivity contribution in [3.8, 4) is 11.1 Å². The summed E-state index contributed by atoms with van der Waals surface area (Å²) in [6.45, 7) is 3.35. The molecule has 1 aliphatic rings. The lowest BCUT2D eigenvalue weighted by atomic mass is 9.97. The smallest absolute Gasteiger partial charge is 0.224 e. The molecule has 0 spiro atoms. The van der Waals surface area contributed by atoms with Crippen LogP contribution in [0.4, 0.5) is 11.4 Å². The third-order valence-corrected chi connectivity index (χ3v) is 11.2. The Kier molecular flexibility index (Phi) is 13.8. The molecule has 4 atom stereocenters. The molecule has 2 amide bonds. The highest BCUT2D eigenvalue weighted by atomic mass is 16.7. The number of benzene rings is 6. The Balaban J connectivity index is 0.982. The fourth-order valence-corrected chi connectivity index (χ4v) is 7.64. The zero-order valence-corrected chi connectivity index (χ0v) is 33.9. The topological polar surface area (TPSA) is 126 Å². The molecular formula is C50H54N4O5.